The van der Waals surface area contributed by atoms with Crippen molar-refractivity contribution in [3.8, 4) is 0 Å². The lowest BCUT2D eigenvalue weighted by atomic mass is 9.91. The molecule has 1 aliphatic heterocycles. The van der Waals surface area contributed by atoms with Crippen LogP contribution >= 0.6 is 0 Å². The second-order valence-electron chi connectivity index (χ2n) is 4.41. The molecule has 0 spiro atoms. The van der Waals surface area contributed by atoms with Crippen LogP contribution in [0.5, 0.6) is 0 Å². The Balaban J connectivity index is 2.03. The number of nitrogens with zero attached hydrogens (tertiary/aromatic N) is 2. The lowest BCUT2D eigenvalue weighted by Crippen LogP contribution is -2.39. The van der Waals surface area contributed by atoms with Gasteiger partial charge in [-0.25, -0.2) is 4.98 Å². The van der Waals surface area contributed by atoms with Crippen molar-refractivity contribution in [3.05, 3.63) is 30.2 Å². The molecule has 0 aliphatic carbocycles. The van der Waals surface area contributed by atoms with Gasteiger partial charge in [0.25, 0.3) is 0 Å². The number of nitrogens with one attached hydrogen (secondary N) is 1. The van der Waals surface area contributed by atoms with Gasteiger partial charge in [-0.1, -0.05) is 0 Å². The maximum Gasteiger partial charge on any atom is 0.234 e. The highest BCUT2D eigenvalue weighted by Crippen LogP contribution is 2.27. The normalized spacial score (nSPS) is 20.1. The van der Waals surface area contributed by atoms with E-state index in [1.54, 1.807) is 23.0 Å². The number of nitrogen functional groups attached to an aromatic ring is 1. The molecule has 0 aromatic carbocycles. The molecule has 3 N–H and O–H groups in total. The maximum atomic E-state index is 11.8. The Morgan fingerprint density at radius 2 is 2.22 bits per heavy atom. The smallest absolute Gasteiger partial charge is 0.234 e. The monoisotopic (exact) mass is 244 g/mol. The molecule has 92 valence electrons. The Morgan fingerprint density at radius 3 is 3.00 bits per heavy atom. The Labute approximate surface area is 103 Å². The van der Waals surface area contributed by atoms with Crippen LogP contribution in [0, 0.1) is 0 Å². The van der Waals surface area contributed by atoms with E-state index in [9.17, 15) is 9.59 Å². The van der Waals surface area contributed by atoms with E-state index in [4.69, 9.17) is 5.73 Å². The van der Waals surface area contributed by atoms with E-state index in [1.807, 2.05) is 6.07 Å². The predicted molar refractivity (Wildman–Crippen MR) is 64.7 cm³/mol. The minimum Gasteiger partial charge on any atom is -0.385 e. The van der Waals surface area contributed by atoms with Crippen molar-refractivity contribution in [2.75, 3.05) is 5.73 Å². The number of fused-ring (bicyclic) bond motifs is 1. The fraction of sp³-hybridized carbons (Fsp3) is 0.250. The van der Waals surface area contributed by atoms with E-state index in [-0.39, 0.29) is 17.7 Å². The quantitative estimate of drug-likeness (QED) is 0.712. The van der Waals surface area contributed by atoms with Crippen molar-refractivity contribution in [3.63, 3.8) is 0 Å². The molecule has 3 heterocycles. The summed E-state index contributed by atoms with van der Waals surface area (Å²) in [6.07, 6.45) is 4.19. The topological polar surface area (TPSA) is 89.5 Å². The van der Waals surface area contributed by atoms with E-state index >= 15 is 0 Å². The van der Waals surface area contributed by atoms with Crippen LogP contribution < -0.4 is 11.1 Å². The van der Waals surface area contributed by atoms with Gasteiger partial charge in [-0.2, -0.15) is 0 Å². The first-order chi connectivity index (χ1) is 8.65. The minimum atomic E-state index is -0.315. The number of nitrogens with two attached hydrogens (primary N) is 1. The van der Waals surface area contributed by atoms with Crippen LogP contribution in [0.15, 0.2) is 24.7 Å². The Morgan fingerprint density at radius 1 is 1.39 bits per heavy atom. The summed E-state index contributed by atoms with van der Waals surface area (Å²) in [4.78, 5) is 26.9. The van der Waals surface area contributed by atoms with Crippen molar-refractivity contribution in [2.45, 2.75) is 18.8 Å². The summed E-state index contributed by atoms with van der Waals surface area (Å²) in [5, 5.41) is 2.35. The fourth-order valence-electron chi connectivity index (χ4n) is 2.29. The number of carbonyl (C=O) groups is 2. The molecule has 1 aliphatic rings. The molecule has 1 fully saturated rings. The number of rotatable bonds is 1. The highest BCUT2D eigenvalue weighted by molar-refractivity contribution is 6.01. The highest BCUT2D eigenvalue weighted by atomic mass is 16.2. The molecule has 0 radical (unpaired) electrons. The first-order valence-electron chi connectivity index (χ1n) is 5.70. The number of piperidine rings is 1. The third-order valence-electron chi connectivity index (χ3n) is 3.22. The summed E-state index contributed by atoms with van der Waals surface area (Å²) in [6.45, 7) is 0. The number of aromatic nitrogens is 2. The van der Waals surface area contributed by atoms with E-state index < -0.39 is 0 Å². The number of pyridine rings is 1. The standard InChI is InChI=1S/C12H12N4O2/c13-10-4-7(3-8-5-14-6-16(8)10)9-1-2-11(17)15-12(9)18/h3-6,9H,1-2,13H2,(H,15,17,18). The Bertz CT molecular complexity index is 647. The van der Waals surface area contributed by atoms with Gasteiger partial charge >= 0.3 is 0 Å². The van der Waals surface area contributed by atoms with Gasteiger partial charge in [0.05, 0.1) is 17.6 Å². The van der Waals surface area contributed by atoms with E-state index in [1.165, 1.54) is 0 Å². The maximum absolute atomic E-state index is 11.8. The lowest BCUT2D eigenvalue weighted by Gasteiger charge is -2.21. The van der Waals surface area contributed by atoms with Gasteiger partial charge in [-0.05, 0) is 24.1 Å². The number of carbonyl (C=O) groups excluding carboxylic acids is 2. The molecule has 3 rings (SSSR count). The second kappa shape index (κ2) is 3.83. The Kier molecular flexibility index (Phi) is 2.29. The van der Waals surface area contributed by atoms with Crippen LogP contribution in [0.2, 0.25) is 0 Å². The number of hydrogen-bond donors (Lipinski definition) is 2. The van der Waals surface area contributed by atoms with Crippen molar-refractivity contribution in [1.29, 1.82) is 0 Å². The average molecular weight is 244 g/mol. The molecule has 1 saturated heterocycles. The summed E-state index contributed by atoms with van der Waals surface area (Å²) >= 11 is 0. The number of imide groups is 1. The van der Waals surface area contributed by atoms with E-state index in [0.29, 0.717) is 18.7 Å². The highest BCUT2D eigenvalue weighted by Gasteiger charge is 2.28. The van der Waals surface area contributed by atoms with Crippen LogP contribution in [0.25, 0.3) is 5.52 Å². The largest absolute Gasteiger partial charge is 0.385 e. The van der Waals surface area contributed by atoms with Crippen LogP contribution in [0.1, 0.15) is 24.3 Å². The zero-order valence-corrected chi connectivity index (χ0v) is 9.59. The lowest BCUT2D eigenvalue weighted by molar-refractivity contribution is -0.134. The van der Waals surface area contributed by atoms with Crippen molar-refractivity contribution >= 4 is 23.1 Å². The molecule has 6 heteroatoms. The zero-order valence-electron chi connectivity index (χ0n) is 9.59. The van der Waals surface area contributed by atoms with Gasteiger partial charge in [0.15, 0.2) is 0 Å². The zero-order chi connectivity index (χ0) is 12.7. The van der Waals surface area contributed by atoms with Gasteiger partial charge in [0, 0.05) is 6.42 Å². The van der Waals surface area contributed by atoms with Gasteiger partial charge in [-0.15, -0.1) is 0 Å². The third-order valence-corrected chi connectivity index (χ3v) is 3.22. The molecular formula is C12H12N4O2. The van der Waals surface area contributed by atoms with E-state index in [2.05, 4.69) is 10.3 Å². The van der Waals surface area contributed by atoms with Crippen LogP contribution in [-0.2, 0) is 9.59 Å². The number of amides is 2. The van der Waals surface area contributed by atoms with Gasteiger partial charge in [0.1, 0.15) is 12.1 Å². The average Bonchev–Trinajstić information content (AvgIpc) is 2.77. The molecule has 1 unspecified atom stereocenters. The molecule has 6 nitrogen and oxygen atoms in total. The predicted octanol–water partition coefficient (Wildman–Crippen LogP) is 0.437. The first-order valence-corrected chi connectivity index (χ1v) is 5.70. The second-order valence-corrected chi connectivity index (χ2v) is 4.41. The molecule has 2 amide bonds. The van der Waals surface area contributed by atoms with Crippen molar-refractivity contribution in [1.82, 2.24) is 14.7 Å². The van der Waals surface area contributed by atoms with Crippen LogP contribution in [0.3, 0.4) is 0 Å². The fourth-order valence-corrected chi connectivity index (χ4v) is 2.29. The molecule has 18 heavy (non-hydrogen) atoms. The molecular weight excluding hydrogens is 232 g/mol. The summed E-state index contributed by atoms with van der Waals surface area (Å²) in [5.41, 5.74) is 7.57. The van der Waals surface area contributed by atoms with E-state index in [0.717, 1.165) is 11.1 Å². The van der Waals surface area contributed by atoms with Crippen LogP contribution in [-0.4, -0.2) is 21.2 Å². The Hall–Kier alpha value is -2.37. The van der Waals surface area contributed by atoms with Crippen molar-refractivity contribution < 1.29 is 9.59 Å². The first kappa shape index (κ1) is 10.8. The summed E-state index contributed by atoms with van der Waals surface area (Å²) in [7, 11) is 0. The molecule has 0 bridgehead atoms. The van der Waals surface area contributed by atoms with Crippen molar-refractivity contribution in [2.24, 2.45) is 0 Å². The van der Waals surface area contributed by atoms with Crippen LogP contribution in [0.4, 0.5) is 5.82 Å². The summed E-state index contributed by atoms with van der Waals surface area (Å²) < 4.78 is 1.75. The third kappa shape index (κ3) is 1.62. The number of imidazole rings is 1. The molecule has 2 aromatic rings. The molecule has 0 saturated carbocycles. The van der Waals surface area contributed by atoms with Gasteiger partial charge < -0.3 is 5.73 Å². The van der Waals surface area contributed by atoms with Gasteiger partial charge in [-0.3, -0.25) is 19.3 Å². The molecule has 2 aromatic heterocycles. The number of hydrogen-bond acceptors (Lipinski definition) is 4. The minimum absolute atomic E-state index is 0.213. The summed E-state index contributed by atoms with van der Waals surface area (Å²) in [6, 6.07) is 3.64. The van der Waals surface area contributed by atoms with Gasteiger partial charge in [0.2, 0.25) is 11.8 Å². The molecule has 1 atom stereocenters. The SMILES string of the molecule is Nc1cc(C2CCC(=O)NC2=O)cc2cncn12. The summed E-state index contributed by atoms with van der Waals surface area (Å²) in [5.74, 6) is -0.251. The number of anilines is 1.